The molecule has 2 atom stereocenters. The van der Waals surface area contributed by atoms with Crippen molar-refractivity contribution in [2.24, 2.45) is 5.73 Å². The lowest BCUT2D eigenvalue weighted by Crippen LogP contribution is -2.29. The predicted molar refractivity (Wildman–Crippen MR) is 74.2 cm³/mol. The van der Waals surface area contributed by atoms with Gasteiger partial charge >= 0.3 is 6.18 Å². The lowest BCUT2D eigenvalue weighted by Gasteiger charge is -2.20. The van der Waals surface area contributed by atoms with Gasteiger partial charge in [0.15, 0.2) is 0 Å². The van der Waals surface area contributed by atoms with Crippen molar-refractivity contribution in [3.8, 4) is 0 Å². The molecule has 0 radical (unpaired) electrons. The van der Waals surface area contributed by atoms with Crippen LogP contribution in [0.2, 0.25) is 0 Å². The van der Waals surface area contributed by atoms with Crippen molar-refractivity contribution in [3.63, 3.8) is 0 Å². The Hall–Kier alpha value is -0.490. The second-order valence-electron chi connectivity index (χ2n) is 4.58. The van der Waals surface area contributed by atoms with Gasteiger partial charge in [0.2, 0.25) is 0 Å². The molecule has 2 N–H and O–H groups in total. The van der Waals surface area contributed by atoms with Crippen LogP contribution in [-0.2, 0) is 6.18 Å². The minimum atomic E-state index is -4.31. The molecule has 1 fully saturated rings. The summed E-state index contributed by atoms with van der Waals surface area (Å²) >= 11 is 0. The van der Waals surface area contributed by atoms with Crippen LogP contribution in [0, 0.1) is 0 Å². The van der Waals surface area contributed by atoms with E-state index in [-0.39, 0.29) is 36.8 Å². The first-order chi connectivity index (χ1) is 7.89. The third kappa shape index (κ3) is 3.99. The highest BCUT2D eigenvalue weighted by molar-refractivity contribution is 5.85. The molecule has 0 aromatic heterocycles. The van der Waals surface area contributed by atoms with Crippen LogP contribution in [-0.4, -0.2) is 31.1 Å². The second kappa shape index (κ2) is 6.79. The van der Waals surface area contributed by atoms with Gasteiger partial charge in [-0.05, 0) is 18.7 Å². The van der Waals surface area contributed by atoms with Crippen LogP contribution in [0.15, 0.2) is 24.3 Å². The maximum Gasteiger partial charge on any atom is 0.416 e. The van der Waals surface area contributed by atoms with E-state index in [2.05, 4.69) is 0 Å². The summed E-state index contributed by atoms with van der Waals surface area (Å²) < 4.78 is 38.6. The Morgan fingerprint density at radius 1 is 1.16 bits per heavy atom. The number of likely N-dealkylation sites (tertiary alicyclic amines) is 1. The van der Waals surface area contributed by atoms with Crippen molar-refractivity contribution in [1.82, 2.24) is 4.90 Å². The van der Waals surface area contributed by atoms with Crippen LogP contribution in [0.5, 0.6) is 0 Å². The third-order valence-corrected chi connectivity index (χ3v) is 3.21. The normalized spacial score (nSPS) is 23.6. The number of likely N-dealkylation sites (N-methyl/N-ethyl adjacent to an activating group) is 1. The highest BCUT2D eigenvalue weighted by atomic mass is 35.5. The van der Waals surface area contributed by atoms with Crippen molar-refractivity contribution in [1.29, 1.82) is 0 Å². The van der Waals surface area contributed by atoms with Crippen LogP contribution >= 0.6 is 24.8 Å². The number of rotatable bonds is 1. The van der Waals surface area contributed by atoms with E-state index in [1.165, 1.54) is 12.1 Å². The number of nitrogens with two attached hydrogens (primary N) is 1. The van der Waals surface area contributed by atoms with E-state index in [4.69, 9.17) is 5.73 Å². The van der Waals surface area contributed by atoms with Gasteiger partial charge in [-0.15, -0.1) is 24.8 Å². The van der Waals surface area contributed by atoms with Crippen LogP contribution in [0.1, 0.15) is 17.0 Å². The van der Waals surface area contributed by atoms with Gasteiger partial charge in [-0.25, -0.2) is 0 Å². The lowest BCUT2D eigenvalue weighted by atomic mass is 9.90. The molecule has 7 heteroatoms. The zero-order valence-electron chi connectivity index (χ0n) is 10.4. The molecule has 19 heavy (non-hydrogen) atoms. The molecule has 0 bridgehead atoms. The van der Waals surface area contributed by atoms with Gasteiger partial charge in [0.25, 0.3) is 0 Å². The molecule has 1 aliphatic rings. The average molecular weight is 317 g/mol. The van der Waals surface area contributed by atoms with E-state index in [1.807, 2.05) is 11.9 Å². The highest BCUT2D eigenvalue weighted by Crippen LogP contribution is 2.37. The Morgan fingerprint density at radius 2 is 1.74 bits per heavy atom. The first-order valence-corrected chi connectivity index (χ1v) is 5.50. The van der Waals surface area contributed by atoms with Crippen molar-refractivity contribution >= 4 is 24.8 Å². The Balaban J connectivity index is 0.00000162. The van der Waals surface area contributed by atoms with Crippen molar-refractivity contribution in [3.05, 3.63) is 35.4 Å². The summed E-state index contributed by atoms with van der Waals surface area (Å²) in [4.78, 5) is 1.96. The van der Waals surface area contributed by atoms with Gasteiger partial charge in [-0.1, -0.05) is 18.2 Å². The van der Waals surface area contributed by atoms with Crippen LogP contribution < -0.4 is 5.73 Å². The Kier molecular flexibility index (Phi) is 6.62. The fourth-order valence-electron chi connectivity index (χ4n) is 2.44. The Bertz CT molecular complexity index is 412. The van der Waals surface area contributed by atoms with Gasteiger partial charge in [-0.3, -0.25) is 0 Å². The monoisotopic (exact) mass is 316 g/mol. The minimum Gasteiger partial charge on any atom is -0.326 e. The Morgan fingerprint density at radius 3 is 2.21 bits per heavy atom. The molecule has 0 aliphatic carbocycles. The molecule has 0 saturated carbocycles. The molecular weight excluding hydrogens is 300 g/mol. The van der Waals surface area contributed by atoms with E-state index < -0.39 is 11.7 Å². The largest absolute Gasteiger partial charge is 0.416 e. The fraction of sp³-hybridized carbons (Fsp3) is 0.500. The van der Waals surface area contributed by atoms with E-state index in [0.717, 1.165) is 6.07 Å². The number of halogens is 5. The average Bonchev–Trinajstić information content (AvgIpc) is 2.56. The van der Waals surface area contributed by atoms with E-state index in [0.29, 0.717) is 18.7 Å². The summed E-state index contributed by atoms with van der Waals surface area (Å²) in [6.07, 6.45) is -4.31. The molecule has 1 aromatic carbocycles. The van der Waals surface area contributed by atoms with Gasteiger partial charge in [0.05, 0.1) is 5.56 Å². The lowest BCUT2D eigenvalue weighted by molar-refractivity contribution is -0.138. The van der Waals surface area contributed by atoms with Crippen molar-refractivity contribution in [2.45, 2.75) is 18.1 Å². The molecule has 1 aliphatic heterocycles. The molecule has 2 rings (SSSR count). The molecule has 0 spiro atoms. The molecule has 1 saturated heterocycles. The summed E-state index contributed by atoms with van der Waals surface area (Å²) in [6.45, 7) is 1.21. The van der Waals surface area contributed by atoms with Crippen molar-refractivity contribution in [2.75, 3.05) is 20.1 Å². The summed E-state index contributed by atoms with van der Waals surface area (Å²) in [7, 11) is 1.87. The first-order valence-electron chi connectivity index (χ1n) is 5.50. The Labute approximate surface area is 123 Å². The summed E-state index contributed by atoms with van der Waals surface area (Å²) in [6, 6.07) is 5.47. The molecule has 2 nitrogen and oxygen atoms in total. The van der Waals surface area contributed by atoms with Crippen molar-refractivity contribution < 1.29 is 13.2 Å². The second-order valence-corrected chi connectivity index (χ2v) is 4.58. The molecule has 0 amide bonds. The number of alkyl halides is 3. The van der Waals surface area contributed by atoms with Crippen LogP contribution in [0.25, 0.3) is 0 Å². The predicted octanol–water partition coefficient (Wildman–Crippen LogP) is 2.91. The summed E-state index contributed by atoms with van der Waals surface area (Å²) in [5.74, 6) is -0.238. The van der Waals surface area contributed by atoms with Gasteiger partial charge in [0, 0.05) is 25.0 Å². The number of benzene rings is 1. The standard InChI is InChI=1S/C12H15F3N2.2ClH/c1-17-6-9(11(16)7-17)8-4-2-3-5-10(8)12(13,14)15;;/h2-5,9,11H,6-7,16H2,1H3;2*1H. The zero-order chi connectivity index (χ0) is 12.6. The van der Waals surface area contributed by atoms with E-state index in [1.54, 1.807) is 6.07 Å². The smallest absolute Gasteiger partial charge is 0.326 e. The quantitative estimate of drug-likeness (QED) is 0.863. The third-order valence-electron chi connectivity index (χ3n) is 3.21. The van der Waals surface area contributed by atoms with E-state index >= 15 is 0 Å². The fourth-order valence-corrected chi connectivity index (χ4v) is 2.44. The topological polar surface area (TPSA) is 29.3 Å². The zero-order valence-corrected chi connectivity index (χ0v) is 12.0. The van der Waals surface area contributed by atoms with Crippen LogP contribution in [0.4, 0.5) is 13.2 Å². The summed E-state index contributed by atoms with van der Waals surface area (Å²) in [5.41, 5.74) is 5.66. The molecule has 1 heterocycles. The molecular formula is C12H17Cl2F3N2. The number of nitrogens with zero attached hydrogens (tertiary/aromatic N) is 1. The molecule has 110 valence electrons. The number of hydrogen-bond acceptors (Lipinski definition) is 2. The highest BCUT2D eigenvalue weighted by Gasteiger charge is 2.38. The minimum absolute atomic E-state index is 0. The van der Waals surface area contributed by atoms with Crippen LogP contribution in [0.3, 0.4) is 0 Å². The van der Waals surface area contributed by atoms with Gasteiger partial charge < -0.3 is 10.6 Å². The maximum absolute atomic E-state index is 12.9. The SMILES string of the molecule is CN1CC(N)C(c2ccccc2C(F)(F)F)C1.Cl.Cl. The molecule has 1 aromatic rings. The number of hydrogen-bond donors (Lipinski definition) is 1. The molecule has 2 unspecified atom stereocenters. The van der Waals surface area contributed by atoms with Gasteiger partial charge in [-0.2, -0.15) is 13.2 Å². The van der Waals surface area contributed by atoms with E-state index in [9.17, 15) is 13.2 Å². The summed E-state index contributed by atoms with van der Waals surface area (Å²) in [5, 5.41) is 0. The maximum atomic E-state index is 12.9. The first kappa shape index (κ1) is 18.5. The van der Waals surface area contributed by atoms with Gasteiger partial charge in [0.1, 0.15) is 0 Å².